The Morgan fingerprint density at radius 2 is 1.94 bits per heavy atom. The predicted molar refractivity (Wildman–Crippen MR) is 136 cm³/mol. The minimum atomic E-state index is -4.35. The Labute approximate surface area is 212 Å². The molecule has 2 N–H and O–H groups in total. The van der Waals surface area contributed by atoms with Crippen LogP contribution in [0, 0.1) is 11.8 Å². The number of hydrogen-bond donors (Lipinski definition) is 2. The van der Waals surface area contributed by atoms with Gasteiger partial charge in [0.15, 0.2) is 0 Å². The zero-order valence-corrected chi connectivity index (χ0v) is 22.1. The number of benzene rings is 1. The summed E-state index contributed by atoms with van der Waals surface area (Å²) in [6.45, 7) is 6.60. The number of H-pyrrole nitrogens is 1. The molecule has 36 heavy (non-hydrogen) atoms. The summed E-state index contributed by atoms with van der Waals surface area (Å²) in [5.74, 6) is 1.17. The number of sulfonamides is 1. The van der Waals surface area contributed by atoms with Crippen LogP contribution in [0.3, 0.4) is 0 Å². The number of fused-ring (bicyclic) bond motifs is 4. The minimum Gasteiger partial charge on any atom is -0.358 e. The molecule has 3 aliphatic rings. The molecule has 0 unspecified atom stereocenters. The molecule has 2 aromatic rings. The van der Waals surface area contributed by atoms with E-state index in [-0.39, 0.29) is 17.2 Å². The van der Waals surface area contributed by atoms with Crippen molar-refractivity contribution >= 4 is 20.9 Å². The first-order valence-electron chi connectivity index (χ1n) is 13.5. The molecule has 1 aromatic heterocycles. The number of hydrogen-bond acceptors (Lipinski definition) is 3. The van der Waals surface area contributed by atoms with E-state index in [9.17, 15) is 21.6 Å². The topological polar surface area (TPSA) is 65.2 Å². The Bertz CT molecular complexity index is 1200. The molecule has 0 spiro atoms. The quantitative estimate of drug-likeness (QED) is 0.500. The van der Waals surface area contributed by atoms with Gasteiger partial charge in [0.05, 0.1) is 11.3 Å². The summed E-state index contributed by atoms with van der Waals surface area (Å²) in [5, 5.41) is 0.707. The Morgan fingerprint density at radius 1 is 1.19 bits per heavy atom. The predicted octanol–water partition coefficient (Wildman–Crippen LogP) is 5.82. The summed E-state index contributed by atoms with van der Waals surface area (Å²) < 4.78 is 68.2. The van der Waals surface area contributed by atoms with Gasteiger partial charge in [-0.2, -0.15) is 13.2 Å². The lowest BCUT2D eigenvalue weighted by molar-refractivity contribution is -0.137. The second kappa shape index (κ2) is 9.62. The van der Waals surface area contributed by atoms with Gasteiger partial charge in [-0.25, -0.2) is 13.1 Å². The fourth-order valence-electron chi connectivity index (χ4n) is 7.13. The molecule has 0 amide bonds. The smallest absolute Gasteiger partial charge is 0.358 e. The third kappa shape index (κ3) is 5.07. The molecule has 2 fully saturated rings. The van der Waals surface area contributed by atoms with E-state index in [1.807, 2.05) is 0 Å². The maximum atomic E-state index is 13.4. The summed E-state index contributed by atoms with van der Waals surface area (Å²) in [6, 6.07) is 4.05. The van der Waals surface area contributed by atoms with Gasteiger partial charge in [-0.3, -0.25) is 0 Å². The van der Waals surface area contributed by atoms with Crippen LogP contribution in [-0.4, -0.2) is 49.2 Å². The van der Waals surface area contributed by atoms with Gasteiger partial charge < -0.3 is 9.88 Å². The van der Waals surface area contributed by atoms with E-state index in [1.165, 1.54) is 6.07 Å². The van der Waals surface area contributed by atoms with Gasteiger partial charge in [-0.05, 0) is 93.6 Å². The molecule has 9 heteroatoms. The van der Waals surface area contributed by atoms with Crippen molar-refractivity contribution in [2.75, 3.05) is 25.4 Å². The first kappa shape index (κ1) is 26.0. The number of rotatable bonds is 6. The average molecular weight is 526 g/mol. The van der Waals surface area contributed by atoms with Crippen molar-refractivity contribution in [2.45, 2.75) is 82.8 Å². The fraction of sp³-hybridized carbons (Fsp3) is 0.704. The number of aromatic nitrogens is 1. The number of nitrogens with zero attached hydrogens (tertiary/aromatic N) is 1. The Kier molecular flexibility index (Phi) is 6.96. The number of alkyl halides is 3. The van der Waals surface area contributed by atoms with Gasteiger partial charge in [0.2, 0.25) is 10.0 Å². The van der Waals surface area contributed by atoms with Crippen LogP contribution < -0.4 is 4.72 Å². The van der Waals surface area contributed by atoms with Crippen molar-refractivity contribution < 1.29 is 21.6 Å². The van der Waals surface area contributed by atoms with E-state index in [0.717, 1.165) is 93.8 Å². The number of aromatic amines is 1. The van der Waals surface area contributed by atoms with Gasteiger partial charge in [0.1, 0.15) is 0 Å². The van der Waals surface area contributed by atoms with Crippen molar-refractivity contribution in [1.29, 1.82) is 0 Å². The number of piperidine rings is 1. The zero-order valence-electron chi connectivity index (χ0n) is 21.3. The highest BCUT2D eigenvalue weighted by Gasteiger charge is 2.42. The monoisotopic (exact) mass is 525 g/mol. The van der Waals surface area contributed by atoms with Crippen LogP contribution in [0.5, 0.6) is 0 Å². The van der Waals surface area contributed by atoms with Crippen LogP contribution in [0.15, 0.2) is 18.2 Å². The van der Waals surface area contributed by atoms with E-state index >= 15 is 0 Å². The summed E-state index contributed by atoms with van der Waals surface area (Å²) in [4.78, 5) is 5.89. The SMILES string of the molecule is CCS(=O)(=O)NC1(CCN2CC[C@@H]3Cc4[nH]c5ccc(C(F)(F)F)cc5c4[C@H](C)[C@H]3C2)CCCCC1. The molecule has 0 bridgehead atoms. The van der Waals surface area contributed by atoms with Crippen molar-refractivity contribution in [3.63, 3.8) is 0 Å². The van der Waals surface area contributed by atoms with Crippen molar-refractivity contribution in [2.24, 2.45) is 11.8 Å². The third-order valence-electron chi connectivity index (χ3n) is 9.17. The number of likely N-dealkylation sites (tertiary alicyclic amines) is 1. The normalized spacial score (nSPS) is 27.1. The zero-order chi connectivity index (χ0) is 25.7. The first-order chi connectivity index (χ1) is 17.0. The largest absolute Gasteiger partial charge is 0.416 e. The third-order valence-corrected chi connectivity index (χ3v) is 10.7. The van der Waals surface area contributed by atoms with Crippen LogP contribution in [-0.2, 0) is 22.6 Å². The van der Waals surface area contributed by atoms with Gasteiger partial charge >= 0.3 is 6.18 Å². The summed E-state index contributed by atoms with van der Waals surface area (Å²) >= 11 is 0. The molecular formula is C27H38F3N3O2S. The van der Waals surface area contributed by atoms with Crippen molar-refractivity contribution in [3.05, 3.63) is 35.0 Å². The minimum absolute atomic E-state index is 0.0999. The molecule has 0 radical (unpaired) electrons. The molecule has 1 saturated heterocycles. The van der Waals surface area contributed by atoms with Gasteiger partial charge in [-0.15, -0.1) is 0 Å². The van der Waals surface area contributed by atoms with E-state index < -0.39 is 21.8 Å². The summed E-state index contributed by atoms with van der Waals surface area (Å²) in [7, 11) is -3.27. The second-order valence-corrected chi connectivity index (χ2v) is 13.4. The van der Waals surface area contributed by atoms with Crippen LogP contribution in [0.2, 0.25) is 0 Å². The second-order valence-electron chi connectivity index (χ2n) is 11.4. The number of nitrogens with one attached hydrogen (secondary N) is 2. The molecule has 1 aliphatic heterocycles. The van der Waals surface area contributed by atoms with E-state index in [0.29, 0.717) is 17.2 Å². The highest BCUT2D eigenvalue weighted by molar-refractivity contribution is 7.89. The van der Waals surface area contributed by atoms with Crippen LogP contribution >= 0.6 is 0 Å². The van der Waals surface area contributed by atoms with Crippen molar-refractivity contribution in [1.82, 2.24) is 14.6 Å². The van der Waals surface area contributed by atoms with Crippen molar-refractivity contribution in [3.8, 4) is 0 Å². The highest BCUT2D eigenvalue weighted by Crippen LogP contribution is 2.47. The lowest BCUT2D eigenvalue weighted by Gasteiger charge is -2.46. The highest BCUT2D eigenvalue weighted by atomic mass is 32.2. The van der Waals surface area contributed by atoms with Crippen LogP contribution in [0.4, 0.5) is 13.2 Å². The Morgan fingerprint density at radius 3 is 2.64 bits per heavy atom. The maximum absolute atomic E-state index is 13.4. The first-order valence-corrected chi connectivity index (χ1v) is 15.1. The molecule has 5 nitrogen and oxygen atoms in total. The maximum Gasteiger partial charge on any atom is 0.416 e. The Balaban J connectivity index is 1.33. The fourth-order valence-corrected chi connectivity index (χ4v) is 8.24. The summed E-state index contributed by atoms with van der Waals surface area (Å²) in [5.41, 5.74) is 2.00. The lowest BCUT2D eigenvalue weighted by atomic mass is 9.68. The molecule has 5 rings (SSSR count). The van der Waals surface area contributed by atoms with E-state index in [2.05, 4.69) is 21.5 Å². The standard InChI is InChI=1S/C27H38F3N3O2S/c1-3-36(34,35)32-26(10-5-4-6-11-26)12-14-33-13-9-19-15-24-25(18(2)22(19)17-33)21-16-20(27(28,29)30)7-8-23(21)31-24/h7-8,16,18-19,22,31-32H,3-6,9-15,17H2,1-2H3/t18-,19-,22-/m1/s1. The molecule has 2 aliphatic carbocycles. The molecule has 1 saturated carbocycles. The van der Waals surface area contributed by atoms with Gasteiger partial charge in [0, 0.05) is 28.7 Å². The summed E-state index contributed by atoms with van der Waals surface area (Å²) in [6.07, 6.45) is 3.45. The molecule has 1 aromatic carbocycles. The molecular weight excluding hydrogens is 487 g/mol. The van der Waals surface area contributed by atoms with E-state index in [1.54, 1.807) is 13.0 Å². The average Bonchev–Trinajstić information content (AvgIpc) is 3.20. The molecule has 2 heterocycles. The van der Waals surface area contributed by atoms with Gasteiger partial charge in [0.25, 0.3) is 0 Å². The molecule has 3 atom stereocenters. The lowest BCUT2D eigenvalue weighted by Crippen LogP contribution is -2.53. The van der Waals surface area contributed by atoms with E-state index in [4.69, 9.17) is 0 Å². The van der Waals surface area contributed by atoms with Gasteiger partial charge in [-0.1, -0.05) is 26.2 Å². The Hall–Kier alpha value is -1.58. The molecule has 200 valence electrons. The van der Waals surface area contributed by atoms with Crippen LogP contribution in [0.1, 0.15) is 81.5 Å². The van der Waals surface area contributed by atoms with Crippen LogP contribution in [0.25, 0.3) is 10.9 Å². The number of halogens is 3.